The van der Waals surface area contributed by atoms with E-state index < -0.39 is 0 Å². The Bertz CT molecular complexity index is 414. The lowest BCUT2D eigenvalue weighted by atomic mass is 10.0. The molecule has 1 aliphatic rings. The molecule has 0 radical (unpaired) electrons. The molecule has 1 saturated heterocycles. The molecule has 2 heterocycles. The van der Waals surface area contributed by atoms with Crippen molar-refractivity contribution < 1.29 is 0 Å². The van der Waals surface area contributed by atoms with Crippen LogP contribution in [0.15, 0.2) is 0 Å². The second-order valence-electron chi connectivity index (χ2n) is 6.62. The molecule has 0 aliphatic carbocycles. The predicted octanol–water partition coefficient (Wildman–Crippen LogP) is 3.43. The molecule has 1 aliphatic heterocycles. The first kappa shape index (κ1) is 15.9. The molecular formula is C16H29N3S. The molecule has 20 heavy (non-hydrogen) atoms. The summed E-state index contributed by atoms with van der Waals surface area (Å²) in [6, 6.07) is 0. The van der Waals surface area contributed by atoms with E-state index in [1.807, 2.05) is 11.3 Å². The number of piperidine rings is 1. The summed E-state index contributed by atoms with van der Waals surface area (Å²) < 4.78 is 0. The highest BCUT2D eigenvalue weighted by molar-refractivity contribution is 7.11. The third-order valence-corrected chi connectivity index (χ3v) is 5.02. The molecular weight excluding hydrogens is 266 g/mol. The van der Waals surface area contributed by atoms with Crippen LogP contribution in [0.5, 0.6) is 0 Å². The summed E-state index contributed by atoms with van der Waals surface area (Å²) in [5.41, 5.74) is 1.21. The highest BCUT2D eigenvalue weighted by atomic mass is 32.1. The number of hydrogen-bond donors (Lipinski definition) is 1. The third kappa shape index (κ3) is 4.83. The molecule has 0 aromatic carbocycles. The van der Waals surface area contributed by atoms with Gasteiger partial charge in [0.1, 0.15) is 5.01 Å². The summed E-state index contributed by atoms with van der Waals surface area (Å²) >= 11 is 1.89. The molecule has 1 fully saturated rings. The second kappa shape index (κ2) is 7.53. The van der Waals surface area contributed by atoms with Gasteiger partial charge in [-0.15, -0.1) is 11.3 Å². The highest BCUT2D eigenvalue weighted by Crippen LogP contribution is 2.22. The van der Waals surface area contributed by atoms with Crippen molar-refractivity contribution in [3.8, 4) is 0 Å². The van der Waals surface area contributed by atoms with E-state index in [0.29, 0.717) is 5.92 Å². The summed E-state index contributed by atoms with van der Waals surface area (Å²) in [7, 11) is 0. The van der Waals surface area contributed by atoms with Crippen molar-refractivity contribution in [2.45, 2.75) is 53.6 Å². The number of thiazole rings is 1. The number of likely N-dealkylation sites (tertiary alicyclic amines) is 1. The van der Waals surface area contributed by atoms with Crippen LogP contribution in [0, 0.1) is 18.8 Å². The Morgan fingerprint density at radius 1 is 1.45 bits per heavy atom. The summed E-state index contributed by atoms with van der Waals surface area (Å²) in [5.74, 6) is 1.55. The first-order chi connectivity index (χ1) is 9.54. The quantitative estimate of drug-likeness (QED) is 0.871. The van der Waals surface area contributed by atoms with Gasteiger partial charge in [0.05, 0.1) is 12.2 Å². The van der Waals surface area contributed by atoms with Gasteiger partial charge in [-0.25, -0.2) is 4.98 Å². The van der Waals surface area contributed by atoms with Gasteiger partial charge in [-0.3, -0.25) is 4.90 Å². The molecule has 0 bridgehead atoms. The van der Waals surface area contributed by atoms with E-state index in [0.717, 1.165) is 25.6 Å². The second-order valence-corrected chi connectivity index (χ2v) is 7.79. The summed E-state index contributed by atoms with van der Waals surface area (Å²) in [5, 5.41) is 4.81. The predicted molar refractivity (Wildman–Crippen MR) is 87.1 cm³/mol. The molecule has 1 N–H and O–H groups in total. The molecule has 0 saturated carbocycles. The fourth-order valence-corrected chi connectivity index (χ4v) is 3.90. The van der Waals surface area contributed by atoms with E-state index in [4.69, 9.17) is 4.98 Å². The van der Waals surface area contributed by atoms with E-state index in [-0.39, 0.29) is 0 Å². The normalized spacial score (nSPS) is 20.8. The minimum atomic E-state index is 0.706. The Morgan fingerprint density at radius 3 is 2.95 bits per heavy atom. The first-order valence-electron chi connectivity index (χ1n) is 7.93. The molecule has 0 spiro atoms. The molecule has 4 heteroatoms. The van der Waals surface area contributed by atoms with Crippen LogP contribution in [-0.4, -0.2) is 29.5 Å². The molecule has 0 amide bonds. The van der Waals surface area contributed by atoms with E-state index in [1.54, 1.807) is 0 Å². The smallest absolute Gasteiger partial charge is 0.107 e. The average molecular weight is 295 g/mol. The largest absolute Gasteiger partial charge is 0.312 e. The van der Waals surface area contributed by atoms with E-state index in [1.165, 1.54) is 41.5 Å². The van der Waals surface area contributed by atoms with Crippen LogP contribution < -0.4 is 5.32 Å². The lowest BCUT2D eigenvalue weighted by Gasteiger charge is -2.29. The zero-order valence-corrected chi connectivity index (χ0v) is 14.2. The molecule has 1 atom stereocenters. The van der Waals surface area contributed by atoms with Crippen LogP contribution in [0.2, 0.25) is 0 Å². The number of rotatable bonds is 6. The number of hydrogen-bond acceptors (Lipinski definition) is 4. The van der Waals surface area contributed by atoms with Crippen molar-refractivity contribution >= 4 is 11.3 Å². The van der Waals surface area contributed by atoms with Gasteiger partial charge in [0.2, 0.25) is 0 Å². The maximum absolute atomic E-state index is 4.76. The van der Waals surface area contributed by atoms with Crippen molar-refractivity contribution in [2.75, 3.05) is 19.6 Å². The topological polar surface area (TPSA) is 28.2 Å². The fraction of sp³-hybridized carbons (Fsp3) is 0.812. The first-order valence-corrected chi connectivity index (χ1v) is 8.74. The van der Waals surface area contributed by atoms with Crippen molar-refractivity contribution in [1.29, 1.82) is 0 Å². The van der Waals surface area contributed by atoms with E-state index in [9.17, 15) is 0 Å². The summed E-state index contributed by atoms with van der Waals surface area (Å²) in [4.78, 5) is 8.74. The fourth-order valence-electron chi connectivity index (χ4n) is 2.82. The molecule has 114 valence electrons. The third-order valence-electron chi connectivity index (χ3n) is 3.88. The maximum atomic E-state index is 4.76. The summed E-state index contributed by atoms with van der Waals surface area (Å²) in [6.45, 7) is 14.6. The van der Waals surface area contributed by atoms with Crippen LogP contribution in [-0.2, 0) is 13.1 Å². The zero-order valence-electron chi connectivity index (χ0n) is 13.4. The Hall–Kier alpha value is -0.450. The van der Waals surface area contributed by atoms with Crippen LogP contribution in [0.4, 0.5) is 0 Å². The van der Waals surface area contributed by atoms with Crippen LogP contribution in [0.25, 0.3) is 0 Å². The zero-order chi connectivity index (χ0) is 14.5. The molecule has 1 aromatic heterocycles. The van der Waals surface area contributed by atoms with Crippen molar-refractivity contribution in [3.05, 3.63) is 15.6 Å². The molecule has 3 nitrogen and oxygen atoms in total. The summed E-state index contributed by atoms with van der Waals surface area (Å²) in [6.07, 6.45) is 2.73. The molecule has 1 aromatic rings. The molecule has 1 unspecified atom stereocenters. The van der Waals surface area contributed by atoms with Gasteiger partial charge in [0.15, 0.2) is 0 Å². The Kier molecular flexibility index (Phi) is 6.00. The van der Waals surface area contributed by atoms with Crippen LogP contribution in [0.1, 0.15) is 49.2 Å². The van der Waals surface area contributed by atoms with Gasteiger partial charge in [0.25, 0.3) is 0 Å². The lowest BCUT2D eigenvalue weighted by molar-refractivity contribution is 0.176. The van der Waals surface area contributed by atoms with Crippen molar-refractivity contribution in [1.82, 2.24) is 15.2 Å². The van der Waals surface area contributed by atoms with Crippen LogP contribution in [0.3, 0.4) is 0 Å². The number of nitrogens with zero attached hydrogens (tertiary/aromatic N) is 2. The lowest BCUT2D eigenvalue weighted by Crippen LogP contribution is -2.33. The van der Waals surface area contributed by atoms with Gasteiger partial charge < -0.3 is 5.32 Å². The standard InChI is InChI=1S/C16H29N3S/c1-12(2)8-17-9-15-14(4)18-16(20-15)11-19-7-5-6-13(3)10-19/h12-13,17H,5-11H2,1-4H3. The van der Waals surface area contributed by atoms with Gasteiger partial charge in [-0.2, -0.15) is 0 Å². The van der Waals surface area contributed by atoms with Gasteiger partial charge >= 0.3 is 0 Å². The Morgan fingerprint density at radius 2 is 2.25 bits per heavy atom. The van der Waals surface area contributed by atoms with E-state index >= 15 is 0 Å². The van der Waals surface area contributed by atoms with Crippen molar-refractivity contribution in [3.63, 3.8) is 0 Å². The minimum Gasteiger partial charge on any atom is -0.312 e. The maximum Gasteiger partial charge on any atom is 0.107 e. The SMILES string of the molecule is Cc1nc(CN2CCCC(C)C2)sc1CNCC(C)C. The highest BCUT2D eigenvalue weighted by Gasteiger charge is 2.18. The minimum absolute atomic E-state index is 0.706. The molecule has 2 rings (SSSR count). The number of aromatic nitrogens is 1. The van der Waals surface area contributed by atoms with Crippen molar-refractivity contribution in [2.24, 2.45) is 11.8 Å². The van der Waals surface area contributed by atoms with E-state index in [2.05, 4.69) is 37.9 Å². The number of nitrogens with one attached hydrogen (secondary N) is 1. The van der Waals surface area contributed by atoms with Gasteiger partial charge in [-0.1, -0.05) is 20.8 Å². The monoisotopic (exact) mass is 295 g/mol. The average Bonchev–Trinajstić information content (AvgIpc) is 2.69. The van der Waals surface area contributed by atoms with Gasteiger partial charge in [0, 0.05) is 18.0 Å². The van der Waals surface area contributed by atoms with Gasteiger partial charge in [-0.05, 0) is 44.7 Å². The Labute approximate surface area is 127 Å². The van der Waals surface area contributed by atoms with Crippen LogP contribution >= 0.6 is 11.3 Å². The number of aryl methyl sites for hydroxylation is 1. The Balaban J connectivity index is 1.86.